The molecule has 2 nitrogen and oxygen atoms in total. The number of fused-ring (bicyclic) bond motifs is 10. The number of hydrogen-bond acceptors (Lipinski definition) is 2. The van der Waals surface area contributed by atoms with Crippen molar-refractivity contribution < 1.29 is 16.1 Å². The van der Waals surface area contributed by atoms with E-state index in [1.54, 1.807) is 0 Å². The fourth-order valence-electron chi connectivity index (χ4n) is 20.3. The third-order valence-electron chi connectivity index (χ3n) is 18.7. The van der Waals surface area contributed by atoms with Gasteiger partial charge < -0.3 is 0 Å². The molecular formula is C26H38FeO2. The van der Waals surface area contributed by atoms with Crippen LogP contribution in [0.15, 0.2) is 0 Å². The van der Waals surface area contributed by atoms with Crippen LogP contribution in [-0.2, 0) is 16.1 Å². The summed E-state index contributed by atoms with van der Waals surface area (Å²) >= 11 is 0. The zero-order valence-electron chi connectivity index (χ0n) is 18.3. The molecule has 1 spiro atoms. The molecule has 0 radical (unpaired) electrons. The summed E-state index contributed by atoms with van der Waals surface area (Å²) in [6.07, 6.45) is 14.2. The van der Waals surface area contributed by atoms with Crippen LogP contribution in [0.1, 0.15) is 90.9 Å². The van der Waals surface area contributed by atoms with Crippen LogP contribution in [-0.4, -0.2) is 11.6 Å². The van der Waals surface area contributed by atoms with Gasteiger partial charge in [-0.05, 0) is 0 Å². The molecule has 0 aromatic carbocycles. The van der Waals surface area contributed by atoms with Gasteiger partial charge in [0.1, 0.15) is 0 Å². The Kier molecular flexibility index (Phi) is 1.11. The molecule has 10 aliphatic heterocycles. The van der Waals surface area contributed by atoms with E-state index in [-0.39, 0.29) is 8.63 Å². The molecule has 0 amide bonds. The van der Waals surface area contributed by atoms with E-state index in [2.05, 4.69) is 13.8 Å². The summed E-state index contributed by atoms with van der Waals surface area (Å²) in [5.74, 6) is 1.41. The molecule has 4 atom stereocenters. The van der Waals surface area contributed by atoms with Gasteiger partial charge in [0.25, 0.3) is 0 Å². The molecular weight excluding hydrogens is 400 g/mol. The molecule has 162 valence electrons. The van der Waals surface area contributed by atoms with Gasteiger partial charge in [0.15, 0.2) is 0 Å². The van der Waals surface area contributed by atoms with Crippen molar-refractivity contribution in [2.45, 2.75) is 138 Å². The third-order valence-corrected chi connectivity index (χ3v) is 61.5. The molecule has 0 aliphatic carbocycles. The van der Waals surface area contributed by atoms with Crippen LogP contribution in [0.4, 0.5) is 0 Å². The molecule has 0 N–H and O–H groups in total. The van der Waals surface area contributed by atoms with Crippen molar-refractivity contribution in [1.29, 1.82) is 0 Å². The Labute approximate surface area is 165 Å². The zero-order valence-corrected chi connectivity index (χ0v) is 19.4. The first kappa shape index (κ1) is 15.6. The van der Waals surface area contributed by atoms with E-state index in [0.717, 1.165) is 64.2 Å². The fraction of sp³-hybridized carbons (Fsp3) is 0.923. The Hall–Kier alpha value is -0.141. The van der Waals surface area contributed by atoms with Gasteiger partial charge in [-0.25, -0.2) is 0 Å². The number of ketones is 2. The van der Waals surface area contributed by atoms with Crippen LogP contribution in [0.25, 0.3) is 0 Å². The Morgan fingerprint density at radius 3 is 1.28 bits per heavy atom. The summed E-state index contributed by atoms with van der Waals surface area (Å²) in [5, 5.41) is 0. The molecule has 10 fully saturated rings. The number of carbonyl (C=O) groups excluding carboxylic acids is 2. The van der Waals surface area contributed by atoms with Crippen molar-refractivity contribution in [3.05, 3.63) is 0 Å². The molecule has 0 aromatic heterocycles. The van der Waals surface area contributed by atoms with E-state index >= 15 is 0 Å². The second-order valence-electron chi connectivity index (χ2n) is 14.9. The normalized spacial score (nSPS) is 77.2. The van der Waals surface area contributed by atoms with Gasteiger partial charge in [0, 0.05) is 0 Å². The van der Waals surface area contributed by atoms with Crippen LogP contribution in [0.5, 0.6) is 0 Å². The Morgan fingerprint density at radius 2 is 0.966 bits per heavy atom. The number of hydrogen-bond donors (Lipinski definition) is 0. The summed E-state index contributed by atoms with van der Waals surface area (Å²) in [6.45, 7) is 0.677. The summed E-state index contributed by atoms with van der Waals surface area (Å²) in [5.41, 5.74) is 0. The molecule has 4 unspecified atom stereocenters. The van der Waals surface area contributed by atoms with E-state index in [0.29, 0.717) is 11.6 Å². The molecule has 10 rings (SSSR count). The van der Waals surface area contributed by atoms with E-state index in [9.17, 15) is 9.59 Å². The van der Waals surface area contributed by atoms with Gasteiger partial charge >= 0.3 is 166 Å². The van der Waals surface area contributed by atoms with Crippen LogP contribution in [0.3, 0.4) is 0 Å². The van der Waals surface area contributed by atoms with Gasteiger partial charge in [-0.2, -0.15) is 0 Å². The van der Waals surface area contributed by atoms with Crippen LogP contribution in [0, 0.1) is 0 Å². The maximum absolute atomic E-state index is 14.0. The second kappa shape index (κ2) is 2.06. The standard InChI is InChI=1S/C21H33O2.C5H5.Fe/c1-3-5-7-9-11-16-20(22)18-14-13-15-19(18)21(23)17-12-10-8-6-4-2;1-2-4-5-3-1;/h13-15H,3-12,16-17H2,1-2H3;1-5H;. The fourth-order valence-corrected chi connectivity index (χ4v) is 96.3. The van der Waals surface area contributed by atoms with Crippen LogP contribution < -0.4 is 0 Å². The first-order valence-corrected chi connectivity index (χ1v) is 19.4. The van der Waals surface area contributed by atoms with E-state index in [1.165, 1.54) is 51.4 Å². The third kappa shape index (κ3) is 0.291. The molecule has 3 heteroatoms. The van der Waals surface area contributed by atoms with Gasteiger partial charge in [-0.3, -0.25) is 0 Å². The second-order valence-corrected chi connectivity index (χ2v) is 38.1. The topological polar surface area (TPSA) is 34.1 Å². The molecule has 10 saturated heterocycles. The summed E-state index contributed by atoms with van der Waals surface area (Å²) in [4.78, 5) is 36.3. The van der Waals surface area contributed by atoms with Gasteiger partial charge in [0.05, 0.1) is 0 Å². The van der Waals surface area contributed by atoms with Gasteiger partial charge in [-0.15, -0.1) is 0 Å². The van der Waals surface area contributed by atoms with Gasteiger partial charge in [0.2, 0.25) is 0 Å². The van der Waals surface area contributed by atoms with E-state index in [4.69, 9.17) is 0 Å². The molecule has 0 bridgehead atoms. The molecule has 0 aromatic rings. The SMILES string of the molecule is CCCCCCCC(=O)[C]12[CH]3[CH]4[CH]5[C]1(C(=O)CCCCCCC)[Fe]43521678[CH]2[CH]1[CH]6[CH]7[CH]28. The Bertz CT molecular complexity index is 1180. The van der Waals surface area contributed by atoms with Crippen molar-refractivity contribution in [3.8, 4) is 0 Å². The predicted octanol–water partition coefficient (Wildman–Crippen LogP) is 7.98. The van der Waals surface area contributed by atoms with Crippen LogP contribution in [0.2, 0.25) is 47.2 Å². The average molecular weight is 438 g/mol. The molecule has 10 heterocycles. The number of unbranched alkanes of at least 4 members (excludes halogenated alkanes) is 8. The maximum atomic E-state index is 14.0. The summed E-state index contributed by atoms with van der Waals surface area (Å²) < 4.78 is 0.245. The van der Waals surface area contributed by atoms with Crippen molar-refractivity contribution in [3.63, 3.8) is 0 Å². The first-order valence-electron chi connectivity index (χ1n) is 13.2. The van der Waals surface area contributed by atoms with Crippen molar-refractivity contribution in [2.75, 3.05) is 0 Å². The number of Topliss-reactive ketones (excluding diaryl/α,β-unsaturated/α-hetero) is 2. The Balaban J connectivity index is 1.01. The quantitative estimate of drug-likeness (QED) is 0.204. The minimum absolute atomic E-state index is 0.122. The predicted molar refractivity (Wildman–Crippen MR) is 112 cm³/mol. The number of rotatable bonds is 14. The first-order chi connectivity index (χ1) is 13.9. The Morgan fingerprint density at radius 1 is 0.586 bits per heavy atom. The van der Waals surface area contributed by atoms with E-state index < -0.39 is 6.51 Å². The summed E-state index contributed by atoms with van der Waals surface area (Å²) in [6, 6.07) is 0. The van der Waals surface area contributed by atoms with E-state index in [1.807, 2.05) is 0 Å². The minimum atomic E-state index is -3.85. The van der Waals surface area contributed by atoms with Gasteiger partial charge in [-0.1, -0.05) is 0 Å². The monoisotopic (exact) mass is 438 g/mol. The molecule has 29 heavy (non-hydrogen) atoms. The van der Waals surface area contributed by atoms with Crippen LogP contribution >= 0.6 is 0 Å². The molecule has 10 aliphatic rings. The molecule has 0 saturated carbocycles. The average Bonchev–Trinajstić information content (AvgIpc) is 3.66. The zero-order chi connectivity index (χ0) is 19.6. The van der Waals surface area contributed by atoms with Crippen molar-refractivity contribution in [2.24, 2.45) is 0 Å². The van der Waals surface area contributed by atoms with Crippen molar-refractivity contribution >= 4 is 11.6 Å². The summed E-state index contributed by atoms with van der Waals surface area (Å²) in [7, 11) is 0. The van der Waals surface area contributed by atoms with Crippen molar-refractivity contribution in [1.82, 2.24) is 0 Å². The number of carbonyl (C=O) groups is 2.